The molecule has 2 aromatic carbocycles. The molecule has 1 atom stereocenters. The molecule has 152 valence electrons. The summed E-state index contributed by atoms with van der Waals surface area (Å²) < 4.78 is 29.6. The van der Waals surface area contributed by atoms with Crippen LogP contribution in [0.2, 0.25) is 0 Å². The van der Waals surface area contributed by atoms with Gasteiger partial charge < -0.3 is 15.0 Å². The van der Waals surface area contributed by atoms with Gasteiger partial charge >= 0.3 is 6.61 Å². The van der Waals surface area contributed by atoms with Crippen molar-refractivity contribution in [2.75, 3.05) is 13.6 Å². The number of hydrogen-bond acceptors (Lipinski definition) is 5. The fourth-order valence-corrected chi connectivity index (χ4v) is 3.68. The lowest BCUT2D eigenvalue weighted by Crippen LogP contribution is -2.39. The van der Waals surface area contributed by atoms with E-state index in [1.807, 2.05) is 31.2 Å². The maximum Gasteiger partial charge on any atom is 0.387 e. The molecule has 1 unspecified atom stereocenters. The van der Waals surface area contributed by atoms with E-state index in [9.17, 15) is 18.4 Å². The second-order valence-corrected chi connectivity index (χ2v) is 7.35. The van der Waals surface area contributed by atoms with E-state index < -0.39 is 12.5 Å². The number of carbonyl (C=O) groups is 2. The largest absolute Gasteiger partial charge is 0.435 e. The Morgan fingerprint density at radius 1 is 1.17 bits per heavy atom. The molecule has 1 N–H and O–H groups in total. The van der Waals surface area contributed by atoms with Crippen LogP contribution in [0, 0.1) is 0 Å². The average molecular weight is 419 g/mol. The Balaban J connectivity index is 1.57. The first kappa shape index (κ1) is 20.7. The molecule has 0 fully saturated rings. The molecule has 0 aliphatic rings. The van der Waals surface area contributed by atoms with Gasteiger partial charge in [0.2, 0.25) is 5.91 Å². The molecule has 0 saturated carbocycles. The van der Waals surface area contributed by atoms with E-state index in [0.717, 1.165) is 15.2 Å². The molecule has 1 aromatic heterocycles. The summed E-state index contributed by atoms with van der Waals surface area (Å²) >= 11 is 1.52. The number of aromatic nitrogens is 1. The predicted octanol–water partition coefficient (Wildman–Crippen LogP) is 3.85. The summed E-state index contributed by atoms with van der Waals surface area (Å²) in [5.74, 6) is -0.803. The summed E-state index contributed by atoms with van der Waals surface area (Å²) in [7, 11) is 1.65. The molecule has 0 aliphatic carbocycles. The minimum absolute atomic E-state index is 0.0444. The topological polar surface area (TPSA) is 71.5 Å². The Labute approximate surface area is 170 Å². The number of likely N-dealkylation sites (N-methyl/N-ethyl adjacent to an activating group) is 1. The second-order valence-electron chi connectivity index (χ2n) is 6.29. The van der Waals surface area contributed by atoms with Crippen LogP contribution >= 0.6 is 11.3 Å². The van der Waals surface area contributed by atoms with Gasteiger partial charge in [0.25, 0.3) is 5.91 Å². The SMILES string of the molecule is CC(c1nc2ccccc2s1)N(C)C(=O)CNC(=O)c1ccc(OC(F)F)cc1. The second kappa shape index (κ2) is 8.95. The van der Waals surface area contributed by atoms with Crippen molar-refractivity contribution in [3.8, 4) is 5.75 Å². The van der Waals surface area contributed by atoms with Gasteiger partial charge in [-0.3, -0.25) is 9.59 Å². The number of fused-ring (bicyclic) bond motifs is 1. The molecule has 6 nitrogen and oxygen atoms in total. The first-order chi connectivity index (χ1) is 13.8. The van der Waals surface area contributed by atoms with E-state index >= 15 is 0 Å². The van der Waals surface area contributed by atoms with E-state index in [1.54, 1.807) is 7.05 Å². The van der Waals surface area contributed by atoms with Crippen molar-refractivity contribution < 1.29 is 23.1 Å². The van der Waals surface area contributed by atoms with E-state index in [-0.39, 0.29) is 29.8 Å². The van der Waals surface area contributed by atoms with Crippen molar-refractivity contribution in [1.29, 1.82) is 0 Å². The number of carbonyl (C=O) groups excluding carboxylic acids is 2. The number of nitrogens with one attached hydrogen (secondary N) is 1. The first-order valence-corrected chi connectivity index (χ1v) is 9.61. The minimum Gasteiger partial charge on any atom is -0.435 e. The maximum atomic E-state index is 12.5. The van der Waals surface area contributed by atoms with Crippen molar-refractivity contribution >= 4 is 33.4 Å². The zero-order valence-corrected chi connectivity index (χ0v) is 16.6. The number of nitrogens with zero attached hydrogens (tertiary/aromatic N) is 2. The van der Waals surface area contributed by atoms with Crippen molar-refractivity contribution in [3.63, 3.8) is 0 Å². The maximum absolute atomic E-state index is 12.5. The van der Waals surface area contributed by atoms with Gasteiger partial charge in [-0.05, 0) is 43.3 Å². The highest BCUT2D eigenvalue weighted by Gasteiger charge is 2.21. The number of halogens is 2. The smallest absolute Gasteiger partial charge is 0.387 e. The number of ether oxygens (including phenoxy) is 1. The van der Waals surface area contributed by atoms with Crippen LogP contribution < -0.4 is 10.1 Å². The molecule has 0 bridgehead atoms. The minimum atomic E-state index is -2.93. The number of benzene rings is 2. The third kappa shape index (κ3) is 5.05. The van der Waals surface area contributed by atoms with Gasteiger partial charge in [-0.2, -0.15) is 8.78 Å². The summed E-state index contributed by atoms with van der Waals surface area (Å²) in [5.41, 5.74) is 1.12. The lowest BCUT2D eigenvalue weighted by atomic mass is 10.2. The van der Waals surface area contributed by atoms with Gasteiger partial charge in [-0.15, -0.1) is 11.3 Å². The number of alkyl halides is 2. The highest BCUT2D eigenvalue weighted by molar-refractivity contribution is 7.18. The van der Waals surface area contributed by atoms with E-state index in [2.05, 4.69) is 15.0 Å². The number of thiazole rings is 1. The third-order valence-corrected chi connectivity index (χ3v) is 5.59. The molecular formula is C20H19F2N3O3S. The van der Waals surface area contributed by atoms with Crippen LogP contribution in [0.5, 0.6) is 5.75 Å². The van der Waals surface area contributed by atoms with E-state index in [0.29, 0.717) is 0 Å². The van der Waals surface area contributed by atoms with Crippen LogP contribution in [-0.4, -0.2) is 41.9 Å². The molecule has 2 amide bonds. The molecule has 9 heteroatoms. The molecule has 0 spiro atoms. The normalized spacial score (nSPS) is 12.0. The van der Waals surface area contributed by atoms with Crippen molar-refractivity contribution in [3.05, 3.63) is 59.1 Å². The van der Waals surface area contributed by atoms with Crippen LogP contribution in [0.4, 0.5) is 8.78 Å². The van der Waals surface area contributed by atoms with E-state index in [1.165, 1.54) is 40.5 Å². The van der Waals surface area contributed by atoms with Crippen LogP contribution in [0.25, 0.3) is 10.2 Å². The standard InChI is InChI=1S/C20H19F2N3O3S/c1-12(19-24-15-5-3-4-6-16(15)29-19)25(2)17(26)11-23-18(27)13-7-9-14(10-8-13)28-20(21)22/h3-10,12,20H,11H2,1-2H3,(H,23,27). The molecule has 3 aromatic rings. The molecule has 0 radical (unpaired) electrons. The Morgan fingerprint density at radius 2 is 1.86 bits per heavy atom. The zero-order valence-electron chi connectivity index (χ0n) is 15.8. The number of amides is 2. The fourth-order valence-electron chi connectivity index (χ4n) is 2.62. The zero-order chi connectivity index (χ0) is 21.0. The fraction of sp³-hybridized carbons (Fsp3) is 0.250. The monoisotopic (exact) mass is 419 g/mol. The number of rotatable bonds is 7. The highest BCUT2D eigenvalue weighted by atomic mass is 32.1. The van der Waals surface area contributed by atoms with Gasteiger partial charge in [0.05, 0.1) is 22.8 Å². The van der Waals surface area contributed by atoms with Gasteiger partial charge in [-0.25, -0.2) is 4.98 Å². The van der Waals surface area contributed by atoms with Crippen molar-refractivity contribution in [2.45, 2.75) is 19.6 Å². The van der Waals surface area contributed by atoms with Crippen molar-refractivity contribution in [2.24, 2.45) is 0 Å². The van der Waals surface area contributed by atoms with Crippen LogP contribution in [0.1, 0.15) is 28.3 Å². The number of hydrogen-bond donors (Lipinski definition) is 1. The molecule has 29 heavy (non-hydrogen) atoms. The molecule has 0 saturated heterocycles. The van der Waals surface area contributed by atoms with Crippen LogP contribution in [0.15, 0.2) is 48.5 Å². The number of para-hydroxylation sites is 1. The van der Waals surface area contributed by atoms with Gasteiger partial charge in [0, 0.05) is 12.6 Å². The lowest BCUT2D eigenvalue weighted by molar-refractivity contribution is -0.130. The molecule has 3 rings (SSSR count). The van der Waals surface area contributed by atoms with Gasteiger partial charge in [0.15, 0.2) is 0 Å². The predicted molar refractivity (Wildman–Crippen MR) is 106 cm³/mol. The highest BCUT2D eigenvalue weighted by Crippen LogP contribution is 2.28. The Bertz CT molecular complexity index is 975. The average Bonchev–Trinajstić information content (AvgIpc) is 3.15. The Hall–Kier alpha value is -3.07. The summed E-state index contributed by atoms with van der Waals surface area (Å²) in [6.07, 6.45) is 0. The molecular weight excluding hydrogens is 400 g/mol. The summed E-state index contributed by atoms with van der Waals surface area (Å²) in [6.45, 7) is -1.25. The molecule has 1 heterocycles. The van der Waals surface area contributed by atoms with E-state index in [4.69, 9.17) is 0 Å². The Kier molecular flexibility index (Phi) is 6.38. The molecule has 0 aliphatic heterocycles. The van der Waals surface area contributed by atoms with Gasteiger partial charge in [0.1, 0.15) is 10.8 Å². The first-order valence-electron chi connectivity index (χ1n) is 8.79. The Morgan fingerprint density at radius 3 is 2.52 bits per heavy atom. The quantitative estimate of drug-likeness (QED) is 0.632. The lowest BCUT2D eigenvalue weighted by Gasteiger charge is -2.23. The van der Waals surface area contributed by atoms with Crippen LogP contribution in [-0.2, 0) is 4.79 Å². The van der Waals surface area contributed by atoms with Gasteiger partial charge in [-0.1, -0.05) is 12.1 Å². The summed E-state index contributed by atoms with van der Waals surface area (Å²) in [6, 6.07) is 12.7. The van der Waals surface area contributed by atoms with Crippen LogP contribution in [0.3, 0.4) is 0 Å². The third-order valence-electron chi connectivity index (χ3n) is 4.38. The van der Waals surface area contributed by atoms with Crippen molar-refractivity contribution in [1.82, 2.24) is 15.2 Å². The summed E-state index contributed by atoms with van der Waals surface area (Å²) in [5, 5.41) is 3.35. The summed E-state index contributed by atoms with van der Waals surface area (Å²) in [4.78, 5) is 30.7.